The SMILES string of the molecule is O=C(CC[C@H](O)CO)OP(=O)([O-])[O-].[Ca+2]. The Morgan fingerprint density at radius 3 is 2.36 bits per heavy atom. The molecule has 9 heteroatoms. The minimum Gasteiger partial charge on any atom is -0.780 e. The second kappa shape index (κ2) is 8.01. The Morgan fingerprint density at radius 1 is 1.50 bits per heavy atom. The van der Waals surface area contributed by atoms with Crippen molar-refractivity contribution in [1.29, 1.82) is 0 Å². The molecule has 0 aliphatic rings. The van der Waals surface area contributed by atoms with E-state index in [1.807, 2.05) is 0 Å². The number of rotatable bonds is 5. The van der Waals surface area contributed by atoms with Crippen LogP contribution in [0, 0.1) is 0 Å². The van der Waals surface area contributed by atoms with Gasteiger partial charge < -0.3 is 29.1 Å². The van der Waals surface area contributed by atoms with Crippen molar-refractivity contribution in [3.8, 4) is 0 Å². The van der Waals surface area contributed by atoms with E-state index in [2.05, 4.69) is 4.52 Å². The quantitative estimate of drug-likeness (QED) is 0.396. The number of aliphatic hydroxyl groups is 2. The van der Waals surface area contributed by atoms with E-state index in [1.54, 1.807) is 0 Å². The zero-order chi connectivity index (χ0) is 10.5. The minimum atomic E-state index is -5.28. The second-order valence-electron chi connectivity index (χ2n) is 2.29. The van der Waals surface area contributed by atoms with Crippen LogP contribution in [0.1, 0.15) is 12.8 Å². The minimum absolute atomic E-state index is 0. The van der Waals surface area contributed by atoms with E-state index in [0.29, 0.717) is 0 Å². The molecule has 2 N–H and O–H groups in total. The van der Waals surface area contributed by atoms with Crippen LogP contribution in [0.2, 0.25) is 0 Å². The van der Waals surface area contributed by atoms with Crippen LogP contribution < -0.4 is 9.79 Å². The molecule has 0 saturated carbocycles. The average molecular weight is 252 g/mol. The summed E-state index contributed by atoms with van der Waals surface area (Å²) < 4.78 is 13.3. The molecular weight excluding hydrogens is 243 g/mol. The van der Waals surface area contributed by atoms with Crippen LogP contribution in [0.4, 0.5) is 0 Å². The number of carbonyl (C=O) groups is 1. The van der Waals surface area contributed by atoms with Gasteiger partial charge in [0.2, 0.25) is 0 Å². The summed E-state index contributed by atoms with van der Waals surface area (Å²) in [6.45, 7) is -0.542. The maximum Gasteiger partial charge on any atom is 2.00 e. The van der Waals surface area contributed by atoms with Crippen molar-refractivity contribution >= 4 is 51.5 Å². The first-order chi connectivity index (χ1) is 5.85. The first kappa shape index (κ1) is 17.2. The predicted octanol–water partition coefficient (Wildman–Crippen LogP) is -2.89. The van der Waals surface area contributed by atoms with Gasteiger partial charge in [-0.15, -0.1) is 0 Å². The number of phosphoric acid groups is 1. The second-order valence-corrected chi connectivity index (χ2v) is 3.36. The first-order valence-corrected chi connectivity index (χ1v) is 4.84. The van der Waals surface area contributed by atoms with Crippen LogP contribution >= 0.6 is 7.82 Å². The van der Waals surface area contributed by atoms with Gasteiger partial charge in [0.15, 0.2) is 0 Å². The molecule has 0 aromatic heterocycles. The molecule has 7 nitrogen and oxygen atoms in total. The summed E-state index contributed by atoms with van der Waals surface area (Å²) in [5.74, 6) is -1.24. The van der Waals surface area contributed by atoms with Crippen LogP contribution in [0.15, 0.2) is 0 Å². The Morgan fingerprint density at radius 2 is 2.00 bits per heavy atom. The molecule has 78 valence electrons. The van der Waals surface area contributed by atoms with E-state index in [1.165, 1.54) is 0 Å². The van der Waals surface area contributed by atoms with Crippen LogP contribution in [0.3, 0.4) is 0 Å². The summed E-state index contributed by atoms with van der Waals surface area (Å²) in [6, 6.07) is 0. The predicted molar refractivity (Wildman–Crippen MR) is 41.8 cm³/mol. The largest absolute Gasteiger partial charge is 2.00 e. The van der Waals surface area contributed by atoms with Gasteiger partial charge in [-0.2, -0.15) is 0 Å². The molecular formula is C5H9CaO7P. The van der Waals surface area contributed by atoms with Gasteiger partial charge in [-0.3, -0.25) is 4.79 Å². The fourth-order valence-corrected chi connectivity index (χ4v) is 0.887. The molecule has 0 amide bonds. The van der Waals surface area contributed by atoms with E-state index >= 15 is 0 Å². The fraction of sp³-hybridized carbons (Fsp3) is 0.800. The van der Waals surface area contributed by atoms with Crippen molar-refractivity contribution < 1.29 is 33.9 Å². The number of phosphoric ester groups is 1. The van der Waals surface area contributed by atoms with Gasteiger partial charge in [-0.05, 0) is 6.42 Å². The molecule has 0 bridgehead atoms. The standard InChI is InChI=1S/C5H11O7P.Ca/c6-3-4(7)1-2-5(8)12-13(9,10)11;/h4,6-7H,1-3H2,(H2,9,10,11);/q;+2/p-2/t4-;/m0./s1. The summed E-state index contributed by atoms with van der Waals surface area (Å²) in [4.78, 5) is 30.2. The van der Waals surface area contributed by atoms with Crippen molar-refractivity contribution in [2.45, 2.75) is 18.9 Å². The van der Waals surface area contributed by atoms with E-state index in [4.69, 9.17) is 10.2 Å². The van der Waals surface area contributed by atoms with Crippen molar-refractivity contribution in [2.75, 3.05) is 6.61 Å². The summed E-state index contributed by atoms with van der Waals surface area (Å²) in [5, 5.41) is 17.0. The zero-order valence-electron chi connectivity index (χ0n) is 7.29. The van der Waals surface area contributed by atoms with E-state index in [0.717, 1.165) is 0 Å². The molecule has 0 aliphatic carbocycles. The fourth-order valence-electron chi connectivity index (χ4n) is 0.546. The molecule has 0 unspecified atom stereocenters. The maximum absolute atomic E-state index is 10.5. The Balaban J connectivity index is 0. The van der Waals surface area contributed by atoms with Gasteiger partial charge in [-0.1, -0.05) is 0 Å². The molecule has 1 atom stereocenters. The van der Waals surface area contributed by atoms with Gasteiger partial charge in [0.05, 0.1) is 12.7 Å². The summed E-state index contributed by atoms with van der Waals surface area (Å²) >= 11 is 0. The Kier molecular flexibility index (Phi) is 9.84. The molecule has 0 rings (SSSR count). The molecule has 14 heavy (non-hydrogen) atoms. The van der Waals surface area contributed by atoms with E-state index in [-0.39, 0.29) is 44.2 Å². The monoisotopic (exact) mass is 252 g/mol. The third kappa shape index (κ3) is 10.9. The van der Waals surface area contributed by atoms with Crippen molar-refractivity contribution in [3.05, 3.63) is 0 Å². The Hall–Kier alpha value is 0.800. The summed E-state index contributed by atoms with van der Waals surface area (Å²) in [6.07, 6.45) is -1.71. The number of hydrogen-bond donors (Lipinski definition) is 2. The number of carbonyl (C=O) groups excluding carboxylic acids is 1. The van der Waals surface area contributed by atoms with E-state index in [9.17, 15) is 19.1 Å². The van der Waals surface area contributed by atoms with Gasteiger partial charge >= 0.3 is 43.7 Å². The molecule has 0 aromatic rings. The van der Waals surface area contributed by atoms with Crippen molar-refractivity contribution in [2.24, 2.45) is 0 Å². The molecule has 0 heterocycles. The zero-order valence-corrected chi connectivity index (χ0v) is 10.4. The van der Waals surface area contributed by atoms with Crippen molar-refractivity contribution in [3.63, 3.8) is 0 Å². The van der Waals surface area contributed by atoms with Gasteiger partial charge in [0.1, 0.15) is 7.82 Å². The van der Waals surface area contributed by atoms with Crippen LogP contribution in [-0.2, 0) is 13.9 Å². The van der Waals surface area contributed by atoms with Crippen LogP contribution in [0.25, 0.3) is 0 Å². The molecule has 0 aliphatic heterocycles. The molecule has 0 saturated heterocycles. The molecule has 0 radical (unpaired) electrons. The van der Waals surface area contributed by atoms with E-state index < -0.39 is 32.9 Å². The maximum atomic E-state index is 10.5. The molecule has 0 spiro atoms. The van der Waals surface area contributed by atoms with Gasteiger partial charge in [0, 0.05) is 6.42 Å². The first-order valence-electron chi connectivity index (χ1n) is 3.38. The van der Waals surface area contributed by atoms with Crippen LogP contribution in [0.5, 0.6) is 0 Å². The van der Waals surface area contributed by atoms with Gasteiger partial charge in [0.25, 0.3) is 0 Å². The molecule has 0 fully saturated rings. The normalized spacial score (nSPS) is 12.9. The smallest absolute Gasteiger partial charge is 0.780 e. The third-order valence-electron chi connectivity index (χ3n) is 1.11. The Bertz CT molecular complexity index is 214. The molecule has 0 aromatic carbocycles. The third-order valence-corrected chi connectivity index (χ3v) is 1.53. The average Bonchev–Trinajstić information content (AvgIpc) is 1.97. The van der Waals surface area contributed by atoms with Gasteiger partial charge in [-0.25, -0.2) is 0 Å². The van der Waals surface area contributed by atoms with Crippen LogP contribution in [-0.4, -0.2) is 66.6 Å². The Labute approximate surface area is 110 Å². The summed E-state index contributed by atoms with van der Waals surface area (Å²) in [7, 11) is -5.28. The number of hydrogen-bond acceptors (Lipinski definition) is 7. The summed E-state index contributed by atoms with van der Waals surface area (Å²) in [5.41, 5.74) is 0. The van der Waals surface area contributed by atoms with Crippen molar-refractivity contribution in [1.82, 2.24) is 0 Å². The topological polar surface area (TPSA) is 130 Å². The number of aliphatic hydroxyl groups excluding tert-OH is 2.